The topological polar surface area (TPSA) is 55.4 Å². The first-order valence-corrected chi connectivity index (χ1v) is 6.46. The van der Waals surface area contributed by atoms with Crippen LogP contribution in [0.1, 0.15) is 0 Å². The van der Waals surface area contributed by atoms with Crippen LogP contribution in [0.3, 0.4) is 0 Å². The largest absolute Gasteiger partial charge is 0.377 e. The van der Waals surface area contributed by atoms with Crippen LogP contribution in [0.15, 0.2) is 0 Å². The van der Waals surface area contributed by atoms with Crippen LogP contribution >= 0.6 is 24.0 Å². The molecule has 7 heteroatoms. The number of rotatable bonds is 0. The lowest BCUT2D eigenvalue weighted by molar-refractivity contribution is -0.0334. The standard InChI is InChI=1S/C12H24O6.HI/c1-2-14-5-6-16-9-10-18-12-11-17-8-7-15-4-3-13-1;/h1-12H2;1H. The van der Waals surface area contributed by atoms with Gasteiger partial charge in [-0.15, -0.1) is 24.0 Å². The zero-order valence-electron chi connectivity index (χ0n) is 11.3. The second-order valence-electron chi connectivity index (χ2n) is 3.67. The summed E-state index contributed by atoms with van der Waals surface area (Å²) in [6, 6.07) is 0. The van der Waals surface area contributed by atoms with E-state index in [4.69, 9.17) is 28.4 Å². The predicted molar refractivity (Wildman–Crippen MR) is 80.3 cm³/mol. The average Bonchev–Trinajstić information content (AvgIpc) is 2.39. The Balaban J connectivity index is 0.00000324. The van der Waals surface area contributed by atoms with E-state index in [1.54, 1.807) is 0 Å². The van der Waals surface area contributed by atoms with Crippen LogP contribution in [0.25, 0.3) is 0 Å². The van der Waals surface area contributed by atoms with Crippen molar-refractivity contribution < 1.29 is 28.4 Å². The van der Waals surface area contributed by atoms with Gasteiger partial charge in [0.05, 0.1) is 79.3 Å². The van der Waals surface area contributed by atoms with Gasteiger partial charge >= 0.3 is 0 Å². The van der Waals surface area contributed by atoms with E-state index in [1.165, 1.54) is 0 Å². The quantitative estimate of drug-likeness (QED) is 0.567. The third kappa shape index (κ3) is 14.7. The van der Waals surface area contributed by atoms with Crippen molar-refractivity contribution in [3.8, 4) is 0 Å². The molecule has 0 aliphatic carbocycles. The third-order valence-electron chi connectivity index (χ3n) is 2.23. The molecule has 1 aliphatic heterocycles. The Morgan fingerprint density at radius 1 is 0.263 bits per heavy atom. The fourth-order valence-corrected chi connectivity index (χ4v) is 1.32. The minimum atomic E-state index is 0. The first-order chi connectivity index (χ1) is 9.00. The molecule has 0 spiro atoms. The summed E-state index contributed by atoms with van der Waals surface area (Å²) in [5, 5.41) is 0. The molecule has 1 aliphatic rings. The zero-order valence-corrected chi connectivity index (χ0v) is 13.7. The van der Waals surface area contributed by atoms with Gasteiger partial charge in [0, 0.05) is 0 Å². The SMILES string of the molecule is C1COCCOCCOCCOCCOCCO1.I. The highest BCUT2D eigenvalue weighted by molar-refractivity contribution is 14.0. The molecule has 19 heavy (non-hydrogen) atoms. The summed E-state index contributed by atoms with van der Waals surface area (Å²) < 4.78 is 32.0. The zero-order chi connectivity index (χ0) is 12.7. The van der Waals surface area contributed by atoms with E-state index in [1.807, 2.05) is 0 Å². The normalized spacial score (nSPS) is 22.7. The summed E-state index contributed by atoms with van der Waals surface area (Å²) >= 11 is 0. The lowest BCUT2D eigenvalue weighted by atomic mass is 10.6. The predicted octanol–water partition coefficient (Wildman–Crippen LogP) is 0.718. The summed E-state index contributed by atoms with van der Waals surface area (Å²) in [6.45, 7) is 7.04. The third-order valence-corrected chi connectivity index (χ3v) is 2.23. The van der Waals surface area contributed by atoms with E-state index in [0.717, 1.165) is 0 Å². The molecular formula is C12H25IO6. The van der Waals surface area contributed by atoms with Crippen LogP contribution in [-0.4, -0.2) is 79.3 Å². The maximum atomic E-state index is 5.33. The van der Waals surface area contributed by atoms with Crippen LogP contribution in [0.5, 0.6) is 0 Å². The van der Waals surface area contributed by atoms with Gasteiger partial charge in [-0.1, -0.05) is 0 Å². The number of hydrogen-bond donors (Lipinski definition) is 0. The van der Waals surface area contributed by atoms with Gasteiger partial charge < -0.3 is 28.4 Å². The van der Waals surface area contributed by atoms with Crippen molar-refractivity contribution in [2.45, 2.75) is 0 Å². The van der Waals surface area contributed by atoms with Crippen LogP contribution in [-0.2, 0) is 28.4 Å². The Morgan fingerprint density at radius 2 is 0.368 bits per heavy atom. The summed E-state index contributed by atoms with van der Waals surface area (Å²) in [5.41, 5.74) is 0. The Morgan fingerprint density at radius 3 is 0.474 bits per heavy atom. The number of ether oxygens (including phenoxy) is 6. The molecule has 0 N–H and O–H groups in total. The van der Waals surface area contributed by atoms with E-state index in [0.29, 0.717) is 79.3 Å². The van der Waals surface area contributed by atoms with Crippen molar-refractivity contribution in [1.82, 2.24) is 0 Å². The molecule has 0 saturated carbocycles. The molecule has 0 bridgehead atoms. The number of halogens is 1. The highest BCUT2D eigenvalue weighted by atomic mass is 127. The first kappa shape index (κ1) is 19.5. The molecule has 6 nitrogen and oxygen atoms in total. The molecule has 0 radical (unpaired) electrons. The van der Waals surface area contributed by atoms with Gasteiger partial charge in [-0.25, -0.2) is 0 Å². The minimum absolute atomic E-state index is 0. The molecule has 116 valence electrons. The molecular weight excluding hydrogens is 367 g/mol. The lowest BCUT2D eigenvalue weighted by Crippen LogP contribution is -2.16. The van der Waals surface area contributed by atoms with E-state index < -0.39 is 0 Å². The van der Waals surface area contributed by atoms with Crippen LogP contribution in [0.2, 0.25) is 0 Å². The van der Waals surface area contributed by atoms with Crippen LogP contribution in [0.4, 0.5) is 0 Å². The maximum absolute atomic E-state index is 5.33. The second-order valence-corrected chi connectivity index (χ2v) is 3.67. The Labute approximate surface area is 132 Å². The highest BCUT2D eigenvalue weighted by Crippen LogP contribution is 1.86. The molecule has 1 fully saturated rings. The fraction of sp³-hybridized carbons (Fsp3) is 1.00. The van der Waals surface area contributed by atoms with Crippen molar-refractivity contribution in [3.63, 3.8) is 0 Å². The number of hydrogen-bond acceptors (Lipinski definition) is 6. The molecule has 1 saturated heterocycles. The van der Waals surface area contributed by atoms with Gasteiger partial charge in [0.1, 0.15) is 0 Å². The Hall–Kier alpha value is 0.490. The molecule has 1 heterocycles. The smallest absolute Gasteiger partial charge is 0.0701 e. The van der Waals surface area contributed by atoms with Gasteiger partial charge in [0.15, 0.2) is 0 Å². The molecule has 0 aromatic carbocycles. The fourth-order valence-electron chi connectivity index (χ4n) is 1.32. The van der Waals surface area contributed by atoms with Crippen molar-refractivity contribution in [1.29, 1.82) is 0 Å². The van der Waals surface area contributed by atoms with Gasteiger partial charge in [0.2, 0.25) is 0 Å². The molecule has 1 rings (SSSR count). The summed E-state index contributed by atoms with van der Waals surface area (Å²) in [6.07, 6.45) is 0. The van der Waals surface area contributed by atoms with Crippen molar-refractivity contribution in [3.05, 3.63) is 0 Å². The maximum Gasteiger partial charge on any atom is 0.0701 e. The summed E-state index contributed by atoms with van der Waals surface area (Å²) in [7, 11) is 0. The first-order valence-electron chi connectivity index (χ1n) is 6.46. The van der Waals surface area contributed by atoms with E-state index in [9.17, 15) is 0 Å². The van der Waals surface area contributed by atoms with E-state index in [2.05, 4.69) is 0 Å². The van der Waals surface area contributed by atoms with E-state index in [-0.39, 0.29) is 24.0 Å². The van der Waals surface area contributed by atoms with Crippen LogP contribution < -0.4 is 0 Å². The lowest BCUT2D eigenvalue weighted by Gasteiger charge is -2.09. The highest BCUT2D eigenvalue weighted by Gasteiger charge is 1.95. The van der Waals surface area contributed by atoms with Crippen LogP contribution in [0, 0.1) is 0 Å². The Bertz CT molecular complexity index is 97.2. The minimum Gasteiger partial charge on any atom is -0.377 e. The molecule has 0 atom stereocenters. The Kier molecular flexibility index (Phi) is 17.0. The van der Waals surface area contributed by atoms with Gasteiger partial charge in [0.25, 0.3) is 0 Å². The van der Waals surface area contributed by atoms with Crippen molar-refractivity contribution >= 4 is 24.0 Å². The summed E-state index contributed by atoms with van der Waals surface area (Å²) in [5.74, 6) is 0. The molecule has 0 amide bonds. The second kappa shape index (κ2) is 16.5. The van der Waals surface area contributed by atoms with Gasteiger partial charge in [-0.3, -0.25) is 0 Å². The van der Waals surface area contributed by atoms with Crippen molar-refractivity contribution in [2.75, 3.05) is 79.3 Å². The van der Waals surface area contributed by atoms with Crippen molar-refractivity contribution in [2.24, 2.45) is 0 Å². The van der Waals surface area contributed by atoms with Gasteiger partial charge in [-0.05, 0) is 0 Å². The molecule has 0 aromatic heterocycles. The van der Waals surface area contributed by atoms with Gasteiger partial charge in [-0.2, -0.15) is 0 Å². The average molecular weight is 392 g/mol. The van der Waals surface area contributed by atoms with E-state index >= 15 is 0 Å². The molecule has 0 aromatic rings. The monoisotopic (exact) mass is 392 g/mol. The molecule has 0 unspecified atom stereocenters. The summed E-state index contributed by atoms with van der Waals surface area (Å²) in [4.78, 5) is 0.